The largest absolute Gasteiger partial charge is 3.00 e. The monoisotopic (exact) mass is 415 g/mol. The van der Waals surface area contributed by atoms with Crippen molar-refractivity contribution in [2.24, 2.45) is 21.5 Å². The Labute approximate surface area is 171 Å². The molecule has 6 N–H and O–H groups in total. The predicted octanol–water partition coefficient (Wildman–Crippen LogP) is 2.31. The molecule has 2 atom stereocenters. The number of hydrogen-bond donors (Lipinski definition) is 4. The van der Waals surface area contributed by atoms with Gasteiger partial charge in [0.05, 0.1) is 13.1 Å². The van der Waals surface area contributed by atoms with Crippen LogP contribution in [-0.4, -0.2) is 47.8 Å². The van der Waals surface area contributed by atoms with Crippen LogP contribution >= 0.6 is 0 Å². The molecule has 27 heavy (non-hydrogen) atoms. The van der Waals surface area contributed by atoms with Gasteiger partial charge in [0.25, 0.3) is 0 Å². The molecule has 0 spiro atoms. The van der Waals surface area contributed by atoms with E-state index in [1.807, 2.05) is 26.0 Å². The number of aromatic hydroxyl groups is 2. The fraction of sp³-hybridized carbons (Fsp3) is 0.300. The zero-order valence-corrected chi connectivity index (χ0v) is 16.7. The molecule has 2 unspecified atom stereocenters. The first-order valence-corrected chi connectivity index (χ1v) is 8.47. The van der Waals surface area contributed by atoms with Gasteiger partial charge in [-0.15, -0.1) is 0 Å². The van der Waals surface area contributed by atoms with Crippen molar-refractivity contribution in [3.05, 3.63) is 59.7 Å². The van der Waals surface area contributed by atoms with Gasteiger partial charge in [-0.3, -0.25) is 9.98 Å². The molecule has 2 aromatic rings. The molecule has 0 aliphatic heterocycles. The number of phenolic OH excluding ortho intramolecular Hbond substituents is 2. The SMILES string of the molecule is CC(N)CN=Cc1ccccc1O.CC(N)CN=Cc1ccccc1O.[Co+3]. The minimum atomic E-state index is 0. The topological polar surface area (TPSA) is 117 Å². The molecule has 2 aromatic carbocycles. The Kier molecular flexibility index (Phi) is 12.8. The zero-order chi connectivity index (χ0) is 19.4. The fourth-order valence-electron chi connectivity index (χ4n) is 1.83. The maximum Gasteiger partial charge on any atom is 3.00 e. The molecule has 0 saturated heterocycles. The summed E-state index contributed by atoms with van der Waals surface area (Å²) in [6.45, 7) is 4.94. The van der Waals surface area contributed by atoms with E-state index in [0.717, 1.165) is 11.1 Å². The third-order valence-corrected chi connectivity index (χ3v) is 3.12. The Balaban J connectivity index is 0.000000483. The van der Waals surface area contributed by atoms with Crippen molar-refractivity contribution in [1.29, 1.82) is 0 Å². The number of aliphatic imine (C=N–C) groups is 2. The molecule has 0 fully saturated rings. The second-order valence-electron chi connectivity index (χ2n) is 6.06. The van der Waals surface area contributed by atoms with Gasteiger partial charge in [0, 0.05) is 35.6 Å². The molecule has 0 heterocycles. The van der Waals surface area contributed by atoms with E-state index in [9.17, 15) is 10.2 Å². The summed E-state index contributed by atoms with van der Waals surface area (Å²) in [7, 11) is 0. The molecular formula is C20H28CoN4O2+3. The van der Waals surface area contributed by atoms with Crippen molar-refractivity contribution < 1.29 is 27.0 Å². The smallest absolute Gasteiger partial charge is 0.507 e. The standard InChI is InChI=1S/2C10H14N2O.Co/c2*1-8(11)6-12-7-9-4-2-3-5-10(9)13;/h2*2-5,7-8,13H,6,11H2,1H3;/q;;+3. The predicted molar refractivity (Wildman–Crippen MR) is 108 cm³/mol. The second-order valence-corrected chi connectivity index (χ2v) is 6.06. The number of hydrogen-bond acceptors (Lipinski definition) is 6. The maximum atomic E-state index is 9.35. The average Bonchev–Trinajstić information content (AvgIpc) is 2.58. The Morgan fingerprint density at radius 3 is 1.41 bits per heavy atom. The van der Waals surface area contributed by atoms with Gasteiger partial charge in [-0.05, 0) is 38.1 Å². The van der Waals surface area contributed by atoms with Gasteiger partial charge in [-0.2, -0.15) is 0 Å². The summed E-state index contributed by atoms with van der Waals surface area (Å²) in [5, 5.41) is 18.7. The van der Waals surface area contributed by atoms with Crippen molar-refractivity contribution >= 4 is 12.4 Å². The third-order valence-electron chi connectivity index (χ3n) is 3.12. The van der Waals surface area contributed by atoms with Crippen molar-refractivity contribution in [3.63, 3.8) is 0 Å². The minimum Gasteiger partial charge on any atom is -0.507 e. The molecule has 7 heteroatoms. The van der Waals surface area contributed by atoms with Crippen LogP contribution in [0.3, 0.4) is 0 Å². The van der Waals surface area contributed by atoms with Crippen LogP contribution in [0.5, 0.6) is 11.5 Å². The van der Waals surface area contributed by atoms with E-state index in [4.69, 9.17) is 11.5 Å². The van der Waals surface area contributed by atoms with E-state index in [-0.39, 0.29) is 40.4 Å². The summed E-state index contributed by atoms with van der Waals surface area (Å²) in [5.74, 6) is 0.492. The number of phenols is 2. The molecule has 0 bridgehead atoms. The van der Waals surface area contributed by atoms with Gasteiger partial charge in [0.15, 0.2) is 0 Å². The van der Waals surface area contributed by atoms with E-state index in [1.54, 1.807) is 48.8 Å². The van der Waals surface area contributed by atoms with Crippen molar-refractivity contribution in [1.82, 2.24) is 0 Å². The Bertz CT molecular complexity index is 657. The third kappa shape index (κ3) is 11.2. The molecule has 6 nitrogen and oxygen atoms in total. The van der Waals surface area contributed by atoms with Crippen molar-refractivity contribution in [2.45, 2.75) is 25.9 Å². The van der Waals surface area contributed by atoms with Crippen LogP contribution in [0.2, 0.25) is 0 Å². The number of rotatable bonds is 6. The van der Waals surface area contributed by atoms with E-state index in [2.05, 4.69) is 9.98 Å². The quantitative estimate of drug-likeness (QED) is 0.542. The summed E-state index contributed by atoms with van der Waals surface area (Å²) in [4.78, 5) is 8.18. The molecule has 0 saturated carbocycles. The van der Waals surface area contributed by atoms with E-state index < -0.39 is 0 Å². The summed E-state index contributed by atoms with van der Waals surface area (Å²) in [6, 6.07) is 14.3. The minimum absolute atomic E-state index is 0. The van der Waals surface area contributed by atoms with Crippen LogP contribution in [0.15, 0.2) is 58.5 Å². The maximum absolute atomic E-state index is 9.35. The molecule has 0 aromatic heterocycles. The summed E-state index contributed by atoms with van der Waals surface area (Å²) < 4.78 is 0. The number of para-hydroxylation sites is 2. The van der Waals surface area contributed by atoms with Crippen LogP contribution in [0.1, 0.15) is 25.0 Å². The number of nitrogens with zero attached hydrogens (tertiary/aromatic N) is 2. The van der Waals surface area contributed by atoms with Crippen LogP contribution in [0.4, 0.5) is 0 Å². The van der Waals surface area contributed by atoms with Crippen LogP contribution in [0.25, 0.3) is 0 Å². The molecule has 0 radical (unpaired) electrons. The number of benzene rings is 2. The van der Waals surface area contributed by atoms with E-state index >= 15 is 0 Å². The van der Waals surface area contributed by atoms with Crippen molar-refractivity contribution in [3.8, 4) is 11.5 Å². The van der Waals surface area contributed by atoms with Crippen LogP contribution in [0, 0.1) is 0 Å². The average molecular weight is 415 g/mol. The first kappa shape index (κ1) is 24.8. The summed E-state index contributed by atoms with van der Waals surface area (Å²) in [5.41, 5.74) is 12.5. The first-order valence-electron chi connectivity index (χ1n) is 8.47. The van der Waals surface area contributed by atoms with Gasteiger partial charge in [0.1, 0.15) is 11.5 Å². The van der Waals surface area contributed by atoms with Gasteiger partial charge in [-0.1, -0.05) is 24.3 Å². The van der Waals surface area contributed by atoms with Gasteiger partial charge >= 0.3 is 16.8 Å². The Hall–Kier alpha value is -2.19. The van der Waals surface area contributed by atoms with Crippen LogP contribution in [-0.2, 0) is 16.8 Å². The van der Waals surface area contributed by atoms with Gasteiger partial charge in [0.2, 0.25) is 0 Å². The summed E-state index contributed by atoms with van der Waals surface area (Å²) >= 11 is 0. The number of nitrogens with two attached hydrogens (primary N) is 2. The normalized spacial score (nSPS) is 12.9. The molecule has 0 amide bonds. The Morgan fingerprint density at radius 1 is 0.778 bits per heavy atom. The molecule has 2 rings (SSSR count). The van der Waals surface area contributed by atoms with E-state index in [0.29, 0.717) is 13.1 Å². The first-order chi connectivity index (χ1) is 12.4. The molecule has 0 aliphatic carbocycles. The summed E-state index contributed by atoms with van der Waals surface area (Å²) in [6.07, 6.45) is 3.28. The van der Waals surface area contributed by atoms with Crippen LogP contribution < -0.4 is 11.5 Å². The van der Waals surface area contributed by atoms with Gasteiger partial charge in [-0.25, -0.2) is 0 Å². The van der Waals surface area contributed by atoms with Gasteiger partial charge < -0.3 is 21.7 Å². The zero-order valence-electron chi connectivity index (χ0n) is 15.6. The second kappa shape index (κ2) is 13.9. The fourth-order valence-corrected chi connectivity index (χ4v) is 1.83. The van der Waals surface area contributed by atoms with E-state index in [1.165, 1.54) is 0 Å². The van der Waals surface area contributed by atoms with Crippen molar-refractivity contribution in [2.75, 3.05) is 13.1 Å². The molecule has 146 valence electrons. The molecule has 0 aliphatic rings. The Morgan fingerprint density at radius 2 is 1.11 bits per heavy atom. The molecular weight excluding hydrogens is 387 g/mol.